The fraction of sp³-hybridized carbons (Fsp3) is 0.542. The summed E-state index contributed by atoms with van der Waals surface area (Å²) in [5.41, 5.74) is 3.61. The molecule has 0 spiro atoms. The molecule has 0 saturated heterocycles. The van der Waals surface area contributed by atoms with Crippen molar-refractivity contribution in [1.82, 2.24) is 0 Å². The van der Waals surface area contributed by atoms with Crippen molar-refractivity contribution < 1.29 is 18.7 Å². The molecular formula is C24H25BrF2O2. The van der Waals surface area contributed by atoms with Gasteiger partial charge in [-0.15, -0.1) is 0 Å². The molecule has 0 aliphatic heterocycles. The minimum Gasteiger partial charge on any atom is -0.393 e. The van der Waals surface area contributed by atoms with Crippen LogP contribution < -0.4 is 0 Å². The molecule has 2 saturated carbocycles. The molecule has 0 aromatic heterocycles. The largest absolute Gasteiger partial charge is 0.393 e. The fourth-order valence-corrected chi connectivity index (χ4v) is 7.03. The number of allylic oxidation sites excluding steroid dienone is 4. The van der Waals surface area contributed by atoms with Crippen LogP contribution in [-0.2, 0) is 4.79 Å². The van der Waals surface area contributed by atoms with Crippen LogP contribution in [0, 0.1) is 28.9 Å². The van der Waals surface area contributed by atoms with Crippen LogP contribution in [0.4, 0.5) is 8.78 Å². The molecule has 4 aliphatic rings. The SMILES string of the molecule is CC12CC(c3cc(F)c(Br)cc3F)C3=C4CCC(=O)C=C4CCC3C1CCC2O. The Labute approximate surface area is 178 Å². The van der Waals surface area contributed by atoms with Crippen molar-refractivity contribution in [2.45, 2.75) is 63.9 Å². The predicted octanol–water partition coefficient (Wildman–Crippen LogP) is 5.99. The van der Waals surface area contributed by atoms with E-state index >= 15 is 4.39 Å². The Morgan fingerprint density at radius 2 is 1.90 bits per heavy atom. The van der Waals surface area contributed by atoms with Gasteiger partial charge in [0.25, 0.3) is 0 Å². The maximum atomic E-state index is 15.1. The topological polar surface area (TPSA) is 37.3 Å². The Morgan fingerprint density at radius 3 is 2.69 bits per heavy atom. The molecule has 5 heteroatoms. The van der Waals surface area contributed by atoms with Gasteiger partial charge in [-0.25, -0.2) is 8.78 Å². The summed E-state index contributed by atoms with van der Waals surface area (Å²) in [4.78, 5) is 12.0. The first-order valence-electron chi connectivity index (χ1n) is 10.6. The van der Waals surface area contributed by atoms with Crippen molar-refractivity contribution in [1.29, 1.82) is 0 Å². The van der Waals surface area contributed by atoms with Crippen LogP contribution in [0.15, 0.2) is 39.4 Å². The molecule has 5 unspecified atom stereocenters. The zero-order chi connectivity index (χ0) is 20.5. The van der Waals surface area contributed by atoms with Crippen LogP contribution in [0.5, 0.6) is 0 Å². The van der Waals surface area contributed by atoms with Gasteiger partial charge < -0.3 is 5.11 Å². The molecule has 5 atom stereocenters. The molecule has 154 valence electrons. The quantitative estimate of drug-likeness (QED) is 0.520. The fourth-order valence-electron chi connectivity index (χ4n) is 6.72. The van der Waals surface area contributed by atoms with E-state index in [0.717, 1.165) is 31.3 Å². The number of rotatable bonds is 1. The molecule has 29 heavy (non-hydrogen) atoms. The Balaban J connectivity index is 1.72. The third-order valence-electron chi connectivity index (χ3n) is 8.10. The molecule has 1 aromatic rings. The standard InChI is InChI=1S/C24H25BrF2O2/c1-24-11-17(16-9-21(27)19(25)10-20(16)26)23-14-5-3-13(28)8-12(14)2-4-15(23)18(24)6-7-22(24)29/h8-10,15,17-18,22,29H,2-7,11H2,1H3. The van der Waals surface area contributed by atoms with Crippen molar-refractivity contribution in [2.75, 3.05) is 0 Å². The molecule has 0 bridgehead atoms. The average Bonchev–Trinajstić information content (AvgIpc) is 2.98. The molecule has 4 aliphatic carbocycles. The first-order chi connectivity index (χ1) is 13.8. The Kier molecular flexibility index (Phi) is 4.63. The van der Waals surface area contributed by atoms with Gasteiger partial charge in [-0.2, -0.15) is 0 Å². The number of carbonyl (C=O) groups is 1. The lowest BCUT2D eigenvalue weighted by Crippen LogP contribution is -2.45. The van der Waals surface area contributed by atoms with E-state index in [0.29, 0.717) is 30.7 Å². The summed E-state index contributed by atoms with van der Waals surface area (Å²) in [5, 5.41) is 10.8. The van der Waals surface area contributed by atoms with Crippen LogP contribution in [0.25, 0.3) is 0 Å². The number of aliphatic hydroxyl groups excluding tert-OH is 1. The third kappa shape index (κ3) is 2.91. The normalized spacial score (nSPS) is 36.4. The number of fused-ring (bicyclic) bond motifs is 4. The number of aliphatic hydroxyl groups is 1. The van der Waals surface area contributed by atoms with Gasteiger partial charge in [0.2, 0.25) is 0 Å². The molecule has 2 fully saturated rings. The Morgan fingerprint density at radius 1 is 1.10 bits per heavy atom. The smallest absolute Gasteiger partial charge is 0.156 e. The first kappa shape index (κ1) is 19.6. The second kappa shape index (κ2) is 6.84. The minimum absolute atomic E-state index is 0.126. The highest BCUT2D eigenvalue weighted by Crippen LogP contribution is 2.64. The van der Waals surface area contributed by atoms with E-state index in [4.69, 9.17) is 0 Å². The highest BCUT2D eigenvalue weighted by atomic mass is 79.9. The van der Waals surface area contributed by atoms with E-state index < -0.39 is 17.7 Å². The number of benzene rings is 1. The van der Waals surface area contributed by atoms with E-state index in [1.54, 1.807) is 6.08 Å². The van der Waals surface area contributed by atoms with Crippen LogP contribution in [0.3, 0.4) is 0 Å². The van der Waals surface area contributed by atoms with Gasteiger partial charge in [-0.3, -0.25) is 4.79 Å². The molecule has 5 rings (SSSR count). The summed E-state index contributed by atoms with van der Waals surface area (Å²) in [7, 11) is 0. The molecule has 2 nitrogen and oxygen atoms in total. The highest BCUT2D eigenvalue weighted by molar-refractivity contribution is 9.10. The van der Waals surface area contributed by atoms with E-state index in [1.807, 2.05) is 0 Å². The highest BCUT2D eigenvalue weighted by Gasteiger charge is 2.56. The van der Waals surface area contributed by atoms with Crippen molar-refractivity contribution in [3.05, 3.63) is 56.6 Å². The number of hydrogen-bond acceptors (Lipinski definition) is 2. The molecule has 0 amide bonds. The monoisotopic (exact) mass is 462 g/mol. The average molecular weight is 463 g/mol. The number of ketones is 1. The summed E-state index contributed by atoms with van der Waals surface area (Å²) in [5.74, 6) is -0.345. The van der Waals surface area contributed by atoms with E-state index in [1.165, 1.54) is 23.3 Å². The molecule has 0 radical (unpaired) electrons. The maximum absolute atomic E-state index is 15.1. The van der Waals surface area contributed by atoms with Gasteiger partial charge in [0.1, 0.15) is 11.6 Å². The maximum Gasteiger partial charge on any atom is 0.156 e. The van der Waals surface area contributed by atoms with Crippen LogP contribution >= 0.6 is 15.9 Å². The van der Waals surface area contributed by atoms with Gasteiger partial charge in [-0.1, -0.05) is 12.5 Å². The lowest BCUT2D eigenvalue weighted by atomic mass is 9.53. The molecular weight excluding hydrogens is 438 g/mol. The van der Waals surface area contributed by atoms with Gasteiger partial charge in [0.05, 0.1) is 10.6 Å². The summed E-state index contributed by atoms with van der Waals surface area (Å²) >= 11 is 3.09. The zero-order valence-corrected chi connectivity index (χ0v) is 18.1. The lowest BCUT2D eigenvalue weighted by Gasteiger charge is -2.52. The Bertz CT molecular complexity index is 966. The summed E-state index contributed by atoms with van der Waals surface area (Å²) in [6.45, 7) is 2.13. The number of halogens is 3. The zero-order valence-electron chi connectivity index (χ0n) is 16.5. The van der Waals surface area contributed by atoms with Crippen LogP contribution in [-0.4, -0.2) is 17.0 Å². The Hall–Kier alpha value is -1.33. The van der Waals surface area contributed by atoms with Gasteiger partial charge >= 0.3 is 0 Å². The third-order valence-corrected chi connectivity index (χ3v) is 8.70. The second-order valence-corrected chi connectivity index (χ2v) is 10.3. The summed E-state index contributed by atoms with van der Waals surface area (Å²) in [6, 6.07) is 2.54. The van der Waals surface area contributed by atoms with E-state index in [2.05, 4.69) is 22.9 Å². The lowest BCUT2D eigenvalue weighted by molar-refractivity contribution is -0.114. The van der Waals surface area contributed by atoms with Crippen molar-refractivity contribution in [3.63, 3.8) is 0 Å². The van der Waals surface area contributed by atoms with Crippen LogP contribution in [0.2, 0.25) is 0 Å². The number of hydrogen-bond donors (Lipinski definition) is 1. The molecule has 1 N–H and O–H groups in total. The van der Waals surface area contributed by atoms with Gasteiger partial charge in [-0.05, 0) is 107 Å². The van der Waals surface area contributed by atoms with E-state index in [-0.39, 0.29) is 27.5 Å². The minimum atomic E-state index is -0.465. The number of carbonyl (C=O) groups excluding carboxylic acids is 1. The van der Waals surface area contributed by atoms with E-state index in [9.17, 15) is 14.3 Å². The van der Waals surface area contributed by atoms with Crippen LogP contribution in [0.1, 0.15) is 63.4 Å². The first-order valence-corrected chi connectivity index (χ1v) is 11.4. The predicted molar refractivity (Wildman–Crippen MR) is 110 cm³/mol. The summed E-state index contributed by atoms with van der Waals surface area (Å²) in [6.07, 6.45) is 6.69. The van der Waals surface area contributed by atoms with Crippen molar-refractivity contribution in [3.8, 4) is 0 Å². The van der Waals surface area contributed by atoms with Crippen molar-refractivity contribution in [2.24, 2.45) is 17.3 Å². The second-order valence-electron chi connectivity index (χ2n) is 9.46. The summed E-state index contributed by atoms with van der Waals surface area (Å²) < 4.78 is 29.6. The molecule has 0 heterocycles. The molecule has 1 aromatic carbocycles. The van der Waals surface area contributed by atoms with Gasteiger partial charge in [0, 0.05) is 12.3 Å². The van der Waals surface area contributed by atoms with Crippen molar-refractivity contribution >= 4 is 21.7 Å². The van der Waals surface area contributed by atoms with Gasteiger partial charge in [0.15, 0.2) is 5.78 Å².